The van der Waals surface area contributed by atoms with Crippen molar-refractivity contribution in [1.29, 1.82) is 0 Å². The number of carboxylic acids is 1. The van der Waals surface area contributed by atoms with Gasteiger partial charge in [0.2, 0.25) is 0 Å². The monoisotopic (exact) mass is 377 g/mol. The number of carboxylic acid groups (broad SMARTS) is 1. The maximum Gasteiger partial charge on any atom is 0.309 e. The predicted molar refractivity (Wildman–Crippen MR) is 100 cm³/mol. The molecule has 138 valence electrons. The SMILES string of the molecule is C.O=C(O)Cc1cc(Nc2ncnc3cc(OCCCCl)ccc23)n[nH]1. The lowest BCUT2D eigenvalue weighted by molar-refractivity contribution is -0.136. The van der Waals surface area contributed by atoms with Gasteiger partial charge in [-0.1, -0.05) is 7.43 Å². The molecule has 0 saturated carbocycles. The molecule has 0 aliphatic heterocycles. The van der Waals surface area contributed by atoms with Gasteiger partial charge in [-0.05, 0) is 18.6 Å². The molecule has 0 bridgehead atoms. The quantitative estimate of drug-likeness (QED) is 0.407. The van der Waals surface area contributed by atoms with Crippen molar-refractivity contribution in [2.45, 2.75) is 20.3 Å². The van der Waals surface area contributed by atoms with Gasteiger partial charge in [0.05, 0.1) is 18.5 Å². The Hall–Kier alpha value is -2.87. The Kier molecular flexibility index (Phi) is 6.74. The van der Waals surface area contributed by atoms with E-state index in [9.17, 15) is 4.79 Å². The first kappa shape index (κ1) is 19.5. The largest absolute Gasteiger partial charge is 0.493 e. The van der Waals surface area contributed by atoms with E-state index in [0.717, 1.165) is 17.3 Å². The number of aliphatic carboxylic acids is 1. The lowest BCUT2D eigenvalue weighted by Gasteiger charge is -2.08. The second kappa shape index (κ2) is 9.00. The molecule has 9 heteroatoms. The molecule has 8 nitrogen and oxygen atoms in total. The summed E-state index contributed by atoms with van der Waals surface area (Å²) in [5.74, 6) is 1.40. The number of carbonyl (C=O) groups is 1. The summed E-state index contributed by atoms with van der Waals surface area (Å²) in [4.78, 5) is 19.2. The highest BCUT2D eigenvalue weighted by molar-refractivity contribution is 6.17. The molecule has 0 spiro atoms. The summed E-state index contributed by atoms with van der Waals surface area (Å²) in [5.41, 5.74) is 1.23. The summed E-state index contributed by atoms with van der Waals surface area (Å²) in [5, 5.41) is 19.4. The smallest absolute Gasteiger partial charge is 0.309 e. The maximum absolute atomic E-state index is 10.7. The molecular formula is C17H20ClN5O3. The minimum atomic E-state index is -0.926. The number of nitrogens with one attached hydrogen (secondary N) is 2. The van der Waals surface area contributed by atoms with Crippen molar-refractivity contribution in [2.24, 2.45) is 0 Å². The minimum Gasteiger partial charge on any atom is -0.493 e. The van der Waals surface area contributed by atoms with E-state index in [1.165, 1.54) is 6.33 Å². The van der Waals surface area contributed by atoms with Crippen molar-refractivity contribution in [2.75, 3.05) is 17.8 Å². The van der Waals surface area contributed by atoms with Gasteiger partial charge in [0.25, 0.3) is 0 Å². The lowest BCUT2D eigenvalue weighted by Crippen LogP contribution is -2.00. The van der Waals surface area contributed by atoms with Crippen molar-refractivity contribution in [3.8, 4) is 5.75 Å². The van der Waals surface area contributed by atoms with Crippen LogP contribution in [0.4, 0.5) is 11.6 Å². The summed E-state index contributed by atoms with van der Waals surface area (Å²) < 4.78 is 5.61. The summed E-state index contributed by atoms with van der Waals surface area (Å²) >= 11 is 5.64. The molecular weight excluding hydrogens is 358 g/mol. The number of hydrogen-bond donors (Lipinski definition) is 3. The van der Waals surface area contributed by atoms with Gasteiger partial charge < -0.3 is 15.2 Å². The highest BCUT2D eigenvalue weighted by atomic mass is 35.5. The number of nitrogens with zero attached hydrogens (tertiary/aromatic N) is 3. The number of rotatable bonds is 8. The zero-order valence-electron chi connectivity index (χ0n) is 13.2. The summed E-state index contributed by atoms with van der Waals surface area (Å²) in [7, 11) is 0. The number of anilines is 2. The number of benzene rings is 1. The van der Waals surface area contributed by atoms with Crippen LogP contribution in [0.1, 0.15) is 19.5 Å². The van der Waals surface area contributed by atoms with Crippen LogP contribution in [0, 0.1) is 0 Å². The van der Waals surface area contributed by atoms with Gasteiger partial charge >= 0.3 is 5.97 Å². The van der Waals surface area contributed by atoms with Crippen LogP contribution in [-0.2, 0) is 11.2 Å². The first-order valence-corrected chi connectivity index (χ1v) is 8.16. The number of halogens is 1. The van der Waals surface area contributed by atoms with Crippen molar-refractivity contribution in [3.63, 3.8) is 0 Å². The predicted octanol–water partition coefficient (Wildman–Crippen LogP) is 3.37. The van der Waals surface area contributed by atoms with Gasteiger partial charge in [-0.2, -0.15) is 5.10 Å². The average Bonchev–Trinajstić information content (AvgIpc) is 3.01. The molecule has 3 rings (SSSR count). The number of aromatic nitrogens is 4. The molecule has 26 heavy (non-hydrogen) atoms. The molecule has 0 atom stereocenters. The van der Waals surface area contributed by atoms with E-state index < -0.39 is 5.97 Å². The minimum absolute atomic E-state index is 0. The van der Waals surface area contributed by atoms with E-state index >= 15 is 0 Å². The standard InChI is InChI=1S/C16H16ClN5O3.CH4/c17-4-1-5-25-11-2-3-12-13(8-11)18-9-19-16(12)20-14-6-10(21-22-14)7-15(23)24;/h2-3,6,8-9H,1,4-5,7H2,(H,23,24)(H2,18,19,20,21,22);1H4. The van der Waals surface area contributed by atoms with Gasteiger partial charge in [-0.3, -0.25) is 9.89 Å². The first-order chi connectivity index (χ1) is 12.2. The average molecular weight is 378 g/mol. The Labute approximate surface area is 155 Å². The van der Waals surface area contributed by atoms with E-state index in [4.69, 9.17) is 21.4 Å². The van der Waals surface area contributed by atoms with E-state index in [1.54, 1.807) is 6.07 Å². The second-order valence-electron chi connectivity index (χ2n) is 5.27. The van der Waals surface area contributed by atoms with Crippen molar-refractivity contribution in [3.05, 3.63) is 36.3 Å². The van der Waals surface area contributed by atoms with Crippen LogP contribution in [0.5, 0.6) is 5.75 Å². The van der Waals surface area contributed by atoms with Crippen LogP contribution >= 0.6 is 11.6 Å². The van der Waals surface area contributed by atoms with Gasteiger partial charge in [0.1, 0.15) is 17.9 Å². The molecule has 0 fully saturated rings. The van der Waals surface area contributed by atoms with Gasteiger partial charge in [0.15, 0.2) is 5.82 Å². The number of ether oxygens (including phenoxy) is 1. The Balaban J connectivity index is 0.00000243. The van der Waals surface area contributed by atoms with Crippen molar-refractivity contribution >= 4 is 40.1 Å². The Bertz CT molecular complexity index is 884. The Morgan fingerprint density at radius 1 is 1.31 bits per heavy atom. The van der Waals surface area contributed by atoms with Crippen molar-refractivity contribution in [1.82, 2.24) is 20.2 Å². The van der Waals surface area contributed by atoms with Crippen LogP contribution in [0.15, 0.2) is 30.6 Å². The fraction of sp³-hybridized carbons (Fsp3) is 0.294. The fourth-order valence-corrected chi connectivity index (χ4v) is 2.38. The van der Waals surface area contributed by atoms with Crippen LogP contribution in [0.3, 0.4) is 0 Å². The molecule has 1 aromatic carbocycles. The van der Waals surface area contributed by atoms with E-state index in [-0.39, 0.29) is 13.8 Å². The second-order valence-corrected chi connectivity index (χ2v) is 5.64. The molecule has 0 aliphatic carbocycles. The molecule has 0 radical (unpaired) electrons. The normalized spacial score (nSPS) is 10.3. The highest BCUT2D eigenvalue weighted by Crippen LogP contribution is 2.26. The first-order valence-electron chi connectivity index (χ1n) is 7.62. The highest BCUT2D eigenvalue weighted by Gasteiger charge is 2.09. The molecule has 0 amide bonds. The van der Waals surface area contributed by atoms with Crippen LogP contribution in [0.25, 0.3) is 10.9 Å². The Morgan fingerprint density at radius 2 is 2.15 bits per heavy atom. The van der Waals surface area contributed by atoms with E-state index in [1.807, 2.05) is 18.2 Å². The summed E-state index contributed by atoms with van der Waals surface area (Å²) in [6.07, 6.45) is 2.09. The third-order valence-corrected chi connectivity index (χ3v) is 3.64. The molecule has 0 unspecified atom stereocenters. The molecule has 3 aromatic rings. The summed E-state index contributed by atoms with van der Waals surface area (Å²) in [6, 6.07) is 7.16. The van der Waals surface area contributed by atoms with Gasteiger partial charge in [-0.15, -0.1) is 11.6 Å². The van der Waals surface area contributed by atoms with Crippen LogP contribution in [-0.4, -0.2) is 43.7 Å². The van der Waals surface area contributed by atoms with Crippen LogP contribution in [0.2, 0.25) is 0 Å². The number of alkyl halides is 1. The summed E-state index contributed by atoms with van der Waals surface area (Å²) in [6.45, 7) is 0.546. The number of fused-ring (bicyclic) bond motifs is 1. The fourth-order valence-electron chi connectivity index (χ4n) is 2.27. The topological polar surface area (TPSA) is 113 Å². The third-order valence-electron chi connectivity index (χ3n) is 3.37. The molecule has 0 aliphatic rings. The zero-order chi connectivity index (χ0) is 17.6. The van der Waals surface area contributed by atoms with Gasteiger partial charge in [-0.25, -0.2) is 9.97 Å². The molecule has 2 aromatic heterocycles. The maximum atomic E-state index is 10.7. The number of hydrogen-bond acceptors (Lipinski definition) is 6. The number of H-pyrrole nitrogens is 1. The van der Waals surface area contributed by atoms with E-state index in [0.29, 0.717) is 35.6 Å². The van der Waals surface area contributed by atoms with Gasteiger partial charge in [0, 0.05) is 29.1 Å². The Morgan fingerprint density at radius 3 is 2.92 bits per heavy atom. The third kappa shape index (κ3) is 4.82. The van der Waals surface area contributed by atoms with Crippen molar-refractivity contribution < 1.29 is 14.6 Å². The lowest BCUT2D eigenvalue weighted by atomic mass is 10.2. The zero-order valence-corrected chi connectivity index (χ0v) is 14.0. The van der Waals surface area contributed by atoms with E-state index in [2.05, 4.69) is 25.5 Å². The number of aromatic amines is 1. The molecule has 0 saturated heterocycles. The molecule has 3 N–H and O–H groups in total. The van der Waals surface area contributed by atoms with Crippen LogP contribution < -0.4 is 10.1 Å². The molecule has 2 heterocycles.